The number of furan rings is 1. The van der Waals surface area contributed by atoms with Gasteiger partial charge in [-0.15, -0.1) is 0 Å². The smallest absolute Gasteiger partial charge is 0.274 e. The summed E-state index contributed by atoms with van der Waals surface area (Å²) in [6.45, 7) is 4.06. The Bertz CT molecular complexity index is 939. The van der Waals surface area contributed by atoms with E-state index in [0.29, 0.717) is 12.0 Å². The van der Waals surface area contributed by atoms with Crippen LogP contribution in [0.15, 0.2) is 76.4 Å². The molecule has 1 atom stereocenters. The fraction of sp³-hybridized carbons (Fsp3) is 0.182. The SMILES string of the molecule is Cc1ccc(C(=O)N2N=C(c3ccc(C)cc3)CC2c2ccco2)cc1. The highest BCUT2D eigenvalue weighted by atomic mass is 16.3. The minimum absolute atomic E-state index is 0.117. The average Bonchev–Trinajstić information content (AvgIpc) is 3.32. The van der Waals surface area contributed by atoms with Crippen molar-refractivity contribution in [1.82, 2.24) is 5.01 Å². The van der Waals surface area contributed by atoms with Crippen LogP contribution in [0.25, 0.3) is 0 Å². The Balaban J connectivity index is 1.70. The van der Waals surface area contributed by atoms with Gasteiger partial charge in [-0.3, -0.25) is 4.79 Å². The molecule has 2 heterocycles. The number of amides is 1. The Kier molecular flexibility index (Phi) is 4.17. The molecular formula is C22H20N2O2. The second kappa shape index (κ2) is 6.64. The Morgan fingerprint density at radius 2 is 1.65 bits per heavy atom. The van der Waals surface area contributed by atoms with Gasteiger partial charge < -0.3 is 4.42 Å². The van der Waals surface area contributed by atoms with E-state index in [2.05, 4.69) is 24.2 Å². The highest BCUT2D eigenvalue weighted by molar-refractivity contribution is 6.05. The fourth-order valence-electron chi connectivity index (χ4n) is 3.15. The molecular weight excluding hydrogens is 324 g/mol. The van der Waals surface area contributed by atoms with Crippen molar-refractivity contribution in [3.63, 3.8) is 0 Å². The predicted octanol–water partition coefficient (Wildman–Crippen LogP) is 4.89. The molecule has 130 valence electrons. The number of nitrogens with zero attached hydrogens (tertiary/aromatic N) is 2. The lowest BCUT2D eigenvalue weighted by molar-refractivity contribution is 0.0693. The molecule has 1 aliphatic rings. The van der Waals surface area contributed by atoms with Crippen molar-refractivity contribution in [2.75, 3.05) is 0 Å². The highest BCUT2D eigenvalue weighted by Crippen LogP contribution is 2.34. The van der Waals surface area contributed by atoms with Crippen LogP contribution in [0.2, 0.25) is 0 Å². The van der Waals surface area contributed by atoms with Gasteiger partial charge >= 0.3 is 0 Å². The molecule has 1 aliphatic heterocycles. The molecule has 4 rings (SSSR count). The molecule has 0 radical (unpaired) electrons. The number of hydrogen-bond acceptors (Lipinski definition) is 3. The second-order valence-electron chi connectivity index (χ2n) is 6.66. The van der Waals surface area contributed by atoms with Gasteiger partial charge in [0, 0.05) is 12.0 Å². The molecule has 2 aromatic carbocycles. The van der Waals surface area contributed by atoms with Gasteiger partial charge in [0.15, 0.2) is 0 Å². The largest absolute Gasteiger partial charge is 0.467 e. The molecule has 0 saturated heterocycles. The van der Waals surface area contributed by atoms with Gasteiger partial charge in [0.1, 0.15) is 11.8 Å². The zero-order valence-corrected chi connectivity index (χ0v) is 14.8. The monoisotopic (exact) mass is 344 g/mol. The molecule has 0 N–H and O–H groups in total. The molecule has 4 heteroatoms. The number of hydrazone groups is 1. The van der Waals surface area contributed by atoms with E-state index in [1.807, 2.05) is 55.5 Å². The topological polar surface area (TPSA) is 45.8 Å². The van der Waals surface area contributed by atoms with Gasteiger partial charge in [-0.1, -0.05) is 47.5 Å². The van der Waals surface area contributed by atoms with Crippen molar-refractivity contribution in [2.45, 2.75) is 26.3 Å². The summed E-state index contributed by atoms with van der Waals surface area (Å²) >= 11 is 0. The summed E-state index contributed by atoms with van der Waals surface area (Å²) in [6.07, 6.45) is 2.27. The van der Waals surface area contributed by atoms with Crippen molar-refractivity contribution in [1.29, 1.82) is 0 Å². The first-order valence-corrected chi connectivity index (χ1v) is 8.70. The number of carbonyl (C=O) groups excluding carboxylic acids is 1. The number of hydrogen-bond donors (Lipinski definition) is 0. The number of aryl methyl sites for hydroxylation is 2. The van der Waals surface area contributed by atoms with E-state index >= 15 is 0 Å². The van der Waals surface area contributed by atoms with Gasteiger partial charge in [-0.2, -0.15) is 5.10 Å². The van der Waals surface area contributed by atoms with E-state index in [0.717, 1.165) is 22.6 Å². The number of carbonyl (C=O) groups is 1. The van der Waals surface area contributed by atoms with Crippen LogP contribution < -0.4 is 0 Å². The van der Waals surface area contributed by atoms with Crippen LogP contribution in [-0.4, -0.2) is 16.6 Å². The third-order valence-corrected chi connectivity index (χ3v) is 4.67. The van der Waals surface area contributed by atoms with Gasteiger partial charge in [0.25, 0.3) is 5.91 Å². The van der Waals surface area contributed by atoms with E-state index in [9.17, 15) is 4.79 Å². The first kappa shape index (κ1) is 16.3. The molecule has 0 aliphatic carbocycles. The van der Waals surface area contributed by atoms with Crippen molar-refractivity contribution >= 4 is 11.6 Å². The van der Waals surface area contributed by atoms with Crippen LogP contribution in [0.3, 0.4) is 0 Å². The normalized spacial score (nSPS) is 16.6. The maximum Gasteiger partial charge on any atom is 0.274 e. The summed E-state index contributed by atoms with van der Waals surface area (Å²) in [7, 11) is 0. The van der Waals surface area contributed by atoms with Crippen molar-refractivity contribution in [3.05, 3.63) is 94.9 Å². The predicted molar refractivity (Wildman–Crippen MR) is 101 cm³/mol. The maximum absolute atomic E-state index is 13.1. The molecule has 4 nitrogen and oxygen atoms in total. The molecule has 0 fully saturated rings. The van der Waals surface area contributed by atoms with Crippen LogP contribution >= 0.6 is 0 Å². The van der Waals surface area contributed by atoms with Gasteiger partial charge in [0.05, 0.1) is 12.0 Å². The fourth-order valence-corrected chi connectivity index (χ4v) is 3.15. The average molecular weight is 344 g/mol. The van der Waals surface area contributed by atoms with Crippen LogP contribution in [0.1, 0.15) is 45.3 Å². The minimum Gasteiger partial charge on any atom is -0.467 e. The summed E-state index contributed by atoms with van der Waals surface area (Å²) in [5, 5.41) is 6.22. The summed E-state index contributed by atoms with van der Waals surface area (Å²) in [6, 6.07) is 19.3. The maximum atomic E-state index is 13.1. The Morgan fingerprint density at radius 1 is 1.00 bits per heavy atom. The Labute approximate surface area is 152 Å². The molecule has 26 heavy (non-hydrogen) atoms. The zero-order chi connectivity index (χ0) is 18.1. The van der Waals surface area contributed by atoms with Gasteiger partial charge in [0.2, 0.25) is 0 Å². The van der Waals surface area contributed by atoms with Crippen LogP contribution in [0.4, 0.5) is 0 Å². The summed E-state index contributed by atoms with van der Waals surface area (Å²) in [4.78, 5) is 13.1. The van der Waals surface area contributed by atoms with Crippen LogP contribution in [-0.2, 0) is 0 Å². The molecule has 1 aromatic heterocycles. The second-order valence-corrected chi connectivity index (χ2v) is 6.66. The van der Waals surface area contributed by atoms with E-state index in [1.54, 1.807) is 11.3 Å². The molecule has 0 saturated carbocycles. The van der Waals surface area contributed by atoms with Crippen molar-refractivity contribution < 1.29 is 9.21 Å². The van der Waals surface area contributed by atoms with Crippen LogP contribution in [0, 0.1) is 13.8 Å². The lowest BCUT2D eigenvalue weighted by Crippen LogP contribution is -2.26. The number of rotatable bonds is 3. The molecule has 0 spiro atoms. The third-order valence-electron chi connectivity index (χ3n) is 4.67. The lowest BCUT2D eigenvalue weighted by Gasteiger charge is -2.20. The summed E-state index contributed by atoms with van der Waals surface area (Å²) < 4.78 is 5.59. The first-order chi connectivity index (χ1) is 12.6. The first-order valence-electron chi connectivity index (χ1n) is 8.70. The van der Waals surface area contributed by atoms with Gasteiger partial charge in [-0.05, 0) is 43.7 Å². The highest BCUT2D eigenvalue weighted by Gasteiger charge is 2.35. The molecule has 3 aromatic rings. The van der Waals surface area contributed by atoms with Crippen molar-refractivity contribution in [2.24, 2.45) is 5.10 Å². The van der Waals surface area contributed by atoms with E-state index in [-0.39, 0.29) is 11.9 Å². The lowest BCUT2D eigenvalue weighted by atomic mass is 10.0. The summed E-state index contributed by atoms with van der Waals surface area (Å²) in [5.41, 5.74) is 4.87. The van der Waals surface area contributed by atoms with E-state index in [1.165, 1.54) is 5.56 Å². The molecule has 1 amide bonds. The Hall–Kier alpha value is -3.14. The zero-order valence-electron chi connectivity index (χ0n) is 14.8. The van der Waals surface area contributed by atoms with Gasteiger partial charge in [-0.25, -0.2) is 5.01 Å². The minimum atomic E-state index is -0.227. The van der Waals surface area contributed by atoms with E-state index < -0.39 is 0 Å². The third kappa shape index (κ3) is 3.06. The van der Waals surface area contributed by atoms with Crippen LogP contribution in [0.5, 0.6) is 0 Å². The molecule has 1 unspecified atom stereocenters. The quantitative estimate of drug-likeness (QED) is 0.679. The molecule has 0 bridgehead atoms. The summed E-state index contributed by atoms with van der Waals surface area (Å²) in [5.74, 6) is 0.629. The van der Waals surface area contributed by atoms with E-state index in [4.69, 9.17) is 4.42 Å². The standard InChI is InChI=1S/C22H20N2O2/c1-15-5-9-17(10-6-15)19-14-20(21-4-3-13-26-21)24(23-19)22(25)18-11-7-16(2)8-12-18/h3-13,20H,14H2,1-2H3. The van der Waals surface area contributed by atoms with Crippen molar-refractivity contribution in [3.8, 4) is 0 Å². The Morgan fingerprint density at radius 3 is 2.27 bits per heavy atom. The number of benzene rings is 2.